The topological polar surface area (TPSA) is 64.3 Å². The summed E-state index contributed by atoms with van der Waals surface area (Å²) in [6.07, 6.45) is 0. The van der Waals surface area contributed by atoms with E-state index in [2.05, 4.69) is 5.32 Å². The lowest BCUT2D eigenvalue weighted by atomic mass is 10.1. The summed E-state index contributed by atoms with van der Waals surface area (Å²) in [5.74, 6) is -0.357. The second-order valence-corrected chi connectivity index (χ2v) is 4.68. The zero-order valence-corrected chi connectivity index (χ0v) is 11.7. The number of nitrogens with two attached hydrogens (primary N) is 1. The molecule has 0 aliphatic rings. The lowest BCUT2D eigenvalue weighted by molar-refractivity contribution is -0.118. The van der Waals surface area contributed by atoms with E-state index >= 15 is 0 Å². The van der Waals surface area contributed by atoms with Gasteiger partial charge in [0.1, 0.15) is 11.6 Å². The first-order valence-electron chi connectivity index (χ1n) is 6.59. The largest absolute Gasteiger partial charge is 0.484 e. The van der Waals surface area contributed by atoms with Crippen molar-refractivity contribution in [2.24, 2.45) is 5.73 Å². The van der Waals surface area contributed by atoms with Crippen LogP contribution >= 0.6 is 0 Å². The third-order valence-electron chi connectivity index (χ3n) is 2.90. The van der Waals surface area contributed by atoms with Crippen molar-refractivity contribution in [1.29, 1.82) is 0 Å². The predicted molar refractivity (Wildman–Crippen MR) is 79.6 cm³/mol. The van der Waals surface area contributed by atoms with Crippen LogP contribution in [0.2, 0.25) is 0 Å². The molecule has 3 N–H and O–H groups in total. The minimum absolute atomic E-state index is 0.110. The Morgan fingerprint density at radius 2 is 2.05 bits per heavy atom. The van der Waals surface area contributed by atoms with Gasteiger partial charge in [0, 0.05) is 6.04 Å². The normalized spacial score (nSPS) is 11.8. The van der Waals surface area contributed by atoms with Gasteiger partial charge in [-0.2, -0.15) is 0 Å². The Labute approximate surface area is 122 Å². The average Bonchev–Trinajstić information content (AvgIpc) is 2.48. The van der Waals surface area contributed by atoms with Crippen LogP contribution < -0.4 is 15.8 Å². The van der Waals surface area contributed by atoms with Crippen molar-refractivity contribution in [3.8, 4) is 5.75 Å². The van der Waals surface area contributed by atoms with E-state index in [0.717, 1.165) is 5.56 Å². The summed E-state index contributed by atoms with van der Waals surface area (Å²) in [4.78, 5) is 11.7. The van der Waals surface area contributed by atoms with E-state index in [4.69, 9.17) is 10.5 Å². The Hall–Kier alpha value is -2.40. The van der Waals surface area contributed by atoms with E-state index in [1.54, 1.807) is 24.3 Å². The van der Waals surface area contributed by atoms with Gasteiger partial charge in [0.05, 0.1) is 5.69 Å². The molecule has 0 aromatic heterocycles. The highest BCUT2D eigenvalue weighted by Gasteiger charge is 2.08. The molecule has 0 radical (unpaired) electrons. The number of ether oxygens (including phenoxy) is 1. The summed E-state index contributed by atoms with van der Waals surface area (Å²) < 4.78 is 18.8. The monoisotopic (exact) mass is 288 g/mol. The van der Waals surface area contributed by atoms with Gasteiger partial charge in [-0.3, -0.25) is 4.79 Å². The SMILES string of the molecule is CC(N)c1cccc(OCC(=O)Nc2ccccc2F)c1. The molecule has 5 heteroatoms. The molecule has 1 unspecified atom stereocenters. The summed E-state index contributed by atoms with van der Waals surface area (Å²) in [7, 11) is 0. The number of carbonyl (C=O) groups excluding carboxylic acids is 1. The van der Waals surface area contributed by atoms with E-state index in [-0.39, 0.29) is 18.3 Å². The van der Waals surface area contributed by atoms with Crippen LogP contribution in [0.5, 0.6) is 5.75 Å². The van der Waals surface area contributed by atoms with Crippen LogP contribution in [0, 0.1) is 5.82 Å². The number of anilines is 1. The summed E-state index contributed by atoms with van der Waals surface area (Å²) in [5, 5.41) is 2.45. The lowest BCUT2D eigenvalue weighted by Gasteiger charge is -2.10. The Morgan fingerprint density at radius 3 is 2.76 bits per heavy atom. The summed E-state index contributed by atoms with van der Waals surface area (Å²) in [6, 6.07) is 13.1. The molecule has 2 rings (SSSR count). The van der Waals surface area contributed by atoms with E-state index in [0.29, 0.717) is 5.75 Å². The fourth-order valence-electron chi connectivity index (χ4n) is 1.79. The average molecular weight is 288 g/mol. The van der Waals surface area contributed by atoms with Crippen LogP contribution in [-0.4, -0.2) is 12.5 Å². The van der Waals surface area contributed by atoms with Gasteiger partial charge in [0.2, 0.25) is 0 Å². The molecular formula is C16H17FN2O2. The first kappa shape index (κ1) is 15.0. The highest BCUT2D eigenvalue weighted by atomic mass is 19.1. The number of carbonyl (C=O) groups is 1. The highest BCUT2D eigenvalue weighted by molar-refractivity contribution is 5.91. The maximum Gasteiger partial charge on any atom is 0.262 e. The highest BCUT2D eigenvalue weighted by Crippen LogP contribution is 2.18. The van der Waals surface area contributed by atoms with Crippen LogP contribution in [0.25, 0.3) is 0 Å². The molecule has 21 heavy (non-hydrogen) atoms. The second-order valence-electron chi connectivity index (χ2n) is 4.68. The Kier molecular flexibility index (Phi) is 4.90. The van der Waals surface area contributed by atoms with Gasteiger partial charge in [-0.1, -0.05) is 24.3 Å². The minimum atomic E-state index is -0.482. The van der Waals surface area contributed by atoms with Gasteiger partial charge in [-0.25, -0.2) is 4.39 Å². The number of hydrogen-bond donors (Lipinski definition) is 2. The first-order valence-corrected chi connectivity index (χ1v) is 6.59. The zero-order chi connectivity index (χ0) is 15.2. The van der Waals surface area contributed by atoms with Crippen molar-refractivity contribution < 1.29 is 13.9 Å². The fourth-order valence-corrected chi connectivity index (χ4v) is 1.79. The molecule has 4 nitrogen and oxygen atoms in total. The standard InChI is InChI=1S/C16H17FN2O2/c1-11(18)12-5-4-6-13(9-12)21-10-16(20)19-15-8-3-2-7-14(15)17/h2-9,11H,10,18H2,1H3,(H,19,20). The Balaban J connectivity index is 1.92. The molecule has 0 aliphatic heterocycles. The molecule has 1 atom stereocenters. The second kappa shape index (κ2) is 6.85. The van der Waals surface area contributed by atoms with E-state index < -0.39 is 11.7 Å². The molecule has 2 aromatic rings. The van der Waals surface area contributed by atoms with Gasteiger partial charge in [0.25, 0.3) is 5.91 Å². The summed E-state index contributed by atoms with van der Waals surface area (Å²) >= 11 is 0. The first-order chi connectivity index (χ1) is 10.1. The molecule has 0 saturated carbocycles. The molecule has 110 valence electrons. The maximum absolute atomic E-state index is 13.4. The number of nitrogens with one attached hydrogen (secondary N) is 1. The number of halogens is 1. The van der Waals surface area contributed by atoms with Crippen molar-refractivity contribution in [1.82, 2.24) is 0 Å². The number of benzene rings is 2. The van der Waals surface area contributed by atoms with Gasteiger partial charge in [-0.05, 0) is 36.8 Å². The smallest absolute Gasteiger partial charge is 0.262 e. The molecule has 2 aromatic carbocycles. The number of para-hydroxylation sites is 1. The van der Waals surface area contributed by atoms with Gasteiger partial charge >= 0.3 is 0 Å². The van der Waals surface area contributed by atoms with Crippen LogP contribution in [0.4, 0.5) is 10.1 Å². The number of hydrogen-bond acceptors (Lipinski definition) is 3. The van der Waals surface area contributed by atoms with Crippen LogP contribution in [0.15, 0.2) is 48.5 Å². The molecule has 0 spiro atoms. The van der Waals surface area contributed by atoms with E-state index in [1.807, 2.05) is 19.1 Å². The third-order valence-corrected chi connectivity index (χ3v) is 2.90. The van der Waals surface area contributed by atoms with Gasteiger partial charge in [-0.15, -0.1) is 0 Å². The number of rotatable bonds is 5. The zero-order valence-electron chi connectivity index (χ0n) is 11.7. The van der Waals surface area contributed by atoms with Crippen molar-refractivity contribution in [2.75, 3.05) is 11.9 Å². The van der Waals surface area contributed by atoms with E-state index in [1.165, 1.54) is 12.1 Å². The van der Waals surface area contributed by atoms with Crippen LogP contribution in [0.3, 0.4) is 0 Å². The molecule has 0 bridgehead atoms. The summed E-state index contributed by atoms with van der Waals surface area (Å²) in [5.41, 5.74) is 6.83. The van der Waals surface area contributed by atoms with Gasteiger partial charge in [0.15, 0.2) is 6.61 Å². The quantitative estimate of drug-likeness (QED) is 0.889. The molecule has 0 aliphatic carbocycles. The van der Waals surface area contributed by atoms with Crippen molar-refractivity contribution >= 4 is 11.6 Å². The Bertz CT molecular complexity index is 629. The fraction of sp³-hybridized carbons (Fsp3) is 0.188. The van der Waals surface area contributed by atoms with Crippen LogP contribution in [-0.2, 0) is 4.79 Å². The van der Waals surface area contributed by atoms with Crippen LogP contribution in [0.1, 0.15) is 18.5 Å². The van der Waals surface area contributed by atoms with Gasteiger partial charge < -0.3 is 15.8 Å². The third kappa shape index (κ3) is 4.29. The lowest BCUT2D eigenvalue weighted by Crippen LogP contribution is -2.20. The maximum atomic E-state index is 13.4. The van der Waals surface area contributed by atoms with Crippen molar-refractivity contribution in [3.63, 3.8) is 0 Å². The molecule has 0 saturated heterocycles. The number of amides is 1. The Morgan fingerprint density at radius 1 is 1.29 bits per heavy atom. The predicted octanol–water partition coefficient (Wildman–Crippen LogP) is 2.86. The van der Waals surface area contributed by atoms with Crippen molar-refractivity contribution in [2.45, 2.75) is 13.0 Å². The molecule has 0 heterocycles. The molecule has 0 fully saturated rings. The molecular weight excluding hydrogens is 271 g/mol. The summed E-state index contributed by atoms with van der Waals surface area (Å²) in [6.45, 7) is 1.67. The minimum Gasteiger partial charge on any atom is -0.484 e. The molecule has 1 amide bonds. The van der Waals surface area contributed by atoms with E-state index in [9.17, 15) is 9.18 Å². The van der Waals surface area contributed by atoms with Crippen molar-refractivity contribution in [3.05, 3.63) is 59.9 Å².